The molecule has 0 aliphatic rings. The van der Waals surface area contributed by atoms with Gasteiger partial charge in [0.1, 0.15) is 11.3 Å². The minimum Gasteiger partial charge on any atom is -0.505 e. The normalized spacial score (nSPS) is 11.4. The number of phenols is 1. The standard InChI is InChI=1S/C14H18N2O/c1-9-7-10(2)14(17)13-12(9)6-5-11(15-13)8-16(3)4/h5-7,17H,8H2,1-4H3. The molecule has 2 rings (SSSR count). The van der Waals surface area contributed by atoms with Crippen molar-refractivity contribution in [1.82, 2.24) is 9.88 Å². The topological polar surface area (TPSA) is 36.4 Å². The van der Waals surface area contributed by atoms with Crippen molar-refractivity contribution in [2.75, 3.05) is 14.1 Å². The average Bonchev–Trinajstić information content (AvgIpc) is 2.25. The van der Waals surface area contributed by atoms with E-state index in [4.69, 9.17) is 0 Å². The molecule has 1 heterocycles. The Hall–Kier alpha value is -1.61. The van der Waals surface area contributed by atoms with Crippen molar-refractivity contribution in [3.8, 4) is 5.75 Å². The lowest BCUT2D eigenvalue weighted by Crippen LogP contribution is -2.11. The Bertz CT molecular complexity index is 562. The predicted octanol–water partition coefficient (Wildman–Crippen LogP) is 2.62. The molecule has 0 spiro atoms. The molecule has 0 unspecified atom stereocenters. The van der Waals surface area contributed by atoms with E-state index in [2.05, 4.69) is 9.88 Å². The van der Waals surface area contributed by atoms with E-state index in [9.17, 15) is 5.11 Å². The zero-order valence-electron chi connectivity index (χ0n) is 10.8. The molecule has 1 aromatic carbocycles. The lowest BCUT2D eigenvalue weighted by atomic mass is 10.0. The largest absolute Gasteiger partial charge is 0.505 e. The molecule has 17 heavy (non-hydrogen) atoms. The summed E-state index contributed by atoms with van der Waals surface area (Å²) in [7, 11) is 4.01. The van der Waals surface area contributed by atoms with Gasteiger partial charge < -0.3 is 10.0 Å². The van der Waals surface area contributed by atoms with E-state index in [1.54, 1.807) is 0 Å². The molecule has 1 aromatic heterocycles. The second-order valence-corrected chi connectivity index (χ2v) is 4.80. The molecule has 0 atom stereocenters. The maximum atomic E-state index is 10.1. The van der Waals surface area contributed by atoms with Crippen molar-refractivity contribution in [2.24, 2.45) is 0 Å². The van der Waals surface area contributed by atoms with Crippen LogP contribution in [0.3, 0.4) is 0 Å². The Kier molecular flexibility index (Phi) is 3.03. The molecule has 0 fully saturated rings. The molecule has 0 saturated carbocycles. The second kappa shape index (κ2) is 4.34. The van der Waals surface area contributed by atoms with Gasteiger partial charge in [-0.3, -0.25) is 0 Å². The highest BCUT2D eigenvalue weighted by Gasteiger charge is 2.09. The molecule has 2 aromatic rings. The Morgan fingerprint density at radius 3 is 2.53 bits per heavy atom. The fourth-order valence-corrected chi connectivity index (χ4v) is 2.07. The molecule has 0 amide bonds. The van der Waals surface area contributed by atoms with E-state index >= 15 is 0 Å². The van der Waals surface area contributed by atoms with Crippen LogP contribution in [0.5, 0.6) is 5.75 Å². The van der Waals surface area contributed by atoms with Crippen LogP contribution in [0, 0.1) is 13.8 Å². The van der Waals surface area contributed by atoms with Crippen LogP contribution in [0.15, 0.2) is 18.2 Å². The van der Waals surface area contributed by atoms with Gasteiger partial charge in [0.15, 0.2) is 0 Å². The number of fused-ring (bicyclic) bond motifs is 1. The molecule has 90 valence electrons. The molecule has 0 bridgehead atoms. The van der Waals surface area contributed by atoms with Crippen LogP contribution in [0.2, 0.25) is 0 Å². The number of aromatic hydroxyl groups is 1. The summed E-state index contributed by atoms with van der Waals surface area (Å²) in [5, 5.41) is 11.1. The number of aryl methyl sites for hydroxylation is 2. The lowest BCUT2D eigenvalue weighted by molar-refractivity contribution is 0.397. The van der Waals surface area contributed by atoms with E-state index in [0.29, 0.717) is 11.3 Å². The fraction of sp³-hybridized carbons (Fsp3) is 0.357. The first-order valence-corrected chi connectivity index (χ1v) is 5.72. The number of benzene rings is 1. The van der Waals surface area contributed by atoms with Gasteiger partial charge in [-0.25, -0.2) is 4.98 Å². The highest BCUT2D eigenvalue weighted by Crippen LogP contribution is 2.29. The van der Waals surface area contributed by atoms with Crippen LogP contribution in [0.25, 0.3) is 10.9 Å². The van der Waals surface area contributed by atoms with E-state index in [1.165, 1.54) is 0 Å². The van der Waals surface area contributed by atoms with Gasteiger partial charge in [0.2, 0.25) is 0 Å². The third kappa shape index (κ3) is 2.24. The third-order valence-electron chi connectivity index (χ3n) is 2.89. The fourth-order valence-electron chi connectivity index (χ4n) is 2.07. The van der Waals surface area contributed by atoms with Gasteiger partial charge in [-0.15, -0.1) is 0 Å². The quantitative estimate of drug-likeness (QED) is 0.861. The first-order valence-electron chi connectivity index (χ1n) is 5.72. The molecule has 3 heteroatoms. The molecular weight excluding hydrogens is 212 g/mol. The summed E-state index contributed by atoms with van der Waals surface area (Å²) in [5.74, 6) is 0.297. The van der Waals surface area contributed by atoms with Crippen LogP contribution in [-0.4, -0.2) is 29.1 Å². The van der Waals surface area contributed by atoms with E-state index in [-0.39, 0.29) is 0 Å². The summed E-state index contributed by atoms with van der Waals surface area (Å²) in [5.41, 5.74) is 3.72. The van der Waals surface area contributed by atoms with Crippen LogP contribution < -0.4 is 0 Å². The van der Waals surface area contributed by atoms with Crippen molar-refractivity contribution in [1.29, 1.82) is 0 Å². The van der Waals surface area contributed by atoms with Crippen molar-refractivity contribution < 1.29 is 5.11 Å². The average molecular weight is 230 g/mol. The van der Waals surface area contributed by atoms with Crippen LogP contribution in [0.1, 0.15) is 16.8 Å². The summed E-state index contributed by atoms with van der Waals surface area (Å²) in [6, 6.07) is 6.05. The zero-order valence-corrected chi connectivity index (χ0v) is 10.8. The van der Waals surface area contributed by atoms with Gasteiger partial charge in [0.25, 0.3) is 0 Å². The Morgan fingerprint density at radius 2 is 1.88 bits per heavy atom. The summed E-state index contributed by atoms with van der Waals surface area (Å²) in [4.78, 5) is 6.61. The molecule has 0 aliphatic heterocycles. The second-order valence-electron chi connectivity index (χ2n) is 4.80. The van der Waals surface area contributed by atoms with Gasteiger partial charge in [0.05, 0.1) is 5.69 Å². The van der Waals surface area contributed by atoms with Crippen LogP contribution in [0.4, 0.5) is 0 Å². The zero-order chi connectivity index (χ0) is 12.6. The number of hydrogen-bond acceptors (Lipinski definition) is 3. The highest BCUT2D eigenvalue weighted by molar-refractivity contribution is 5.88. The number of aromatic nitrogens is 1. The number of hydrogen-bond donors (Lipinski definition) is 1. The minimum atomic E-state index is 0.297. The predicted molar refractivity (Wildman–Crippen MR) is 70.3 cm³/mol. The number of nitrogens with zero attached hydrogens (tertiary/aromatic N) is 2. The Morgan fingerprint density at radius 1 is 1.18 bits per heavy atom. The molecule has 0 radical (unpaired) electrons. The van der Waals surface area contributed by atoms with Crippen molar-refractivity contribution in [3.05, 3.63) is 35.0 Å². The van der Waals surface area contributed by atoms with Crippen molar-refractivity contribution in [3.63, 3.8) is 0 Å². The maximum absolute atomic E-state index is 10.1. The SMILES string of the molecule is Cc1cc(C)c2ccc(CN(C)C)nc2c1O. The summed E-state index contributed by atoms with van der Waals surface area (Å²) in [6.07, 6.45) is 0. The van der Waals surface area contributed by atoms with E-state index in [1.807, 2.05) is 46.1 Å². The molecule has 0 aliphatic carbocycles. The number of rotatable bonds is 2. The van der Waals surface area contributed by atoms with Crippen LogP contribution in [-0.2, 0) is 6.54 Å². The summed E-state index contributed by atoms with van der Waals surface area (Å²) < 4.78 is 0. The van der Waals surface area contributed by atoms with Crippen molar-refractivity contribution in [2.45, 2.75) is 20.4 Å². The maximum Gasteiger partial charge on any atom is 0.144 e. The Balaban J connectivity index is 2.63. The highest BCUT2D eigenvalue weighted by atomic mass is 16.3. The van der Waals surface area contributed by atoms with E-state index < -0.39 is 0 Å². The van der Waals surface area contributed by atoms with Gasteiger partial charge in [-0.2, -0.15) is 0 Å². The molecule has 1 N–H and O–H groups in total. The Labute approximate surface area is 102 Å². The molecule has 3 nitrogen and oxygen atoms in total. The van der Waals surface area contributed by atoms with Crippen molar-refractivity contribution >= 4 is 10.9 Å². The first kappa shape index (κ1) is 11.9. The third-order valence-corrected chi connectivity index (χ3v) is 2.89. The van der Waals surface area contributed by atoms with E-state index in [0.717, 1.165) is 28.8 Å². The van der Waals surface area contributed by atoms with Crippen LogP contribution >= 0.6 is 0 Å². The van der Waals surface area contributed by atoms with Gasteiger partial charge >= 0.3 is 0 Å². The summed E-state index contributed by atoms with van der Waals surface area (Å²) in [6.45, 7) is 4.73. The lowest BCUT2D eigenvalue weighted by Gasteiger charge is -2.12. The van der Waals surface area contributed by atoms with Gasteiger partial charge in [-0.1, -0.05) is 12.1 Å². The number of phenolic OH excluding ortho intramolecular Hbond substituents is 1. The monoisotopic (exact) mass is 230 g/mol. The number of pyridine rings is 1. The van der Waals surface area contributed by atoms with Gasteiger partial charge in [0, 0.05) is 11.9 Å². The minimum absolute atomic E-state index is 0.297. The molecular formula is C14H18N2O. The molecule has 0 saturated heterocycles. The summed E-state index contributed by atoms with van der Waals surface area (Å²) >= 11 is 0. The van der Waals surface area contributed by atoms with Gasteiger partial charge in [-0.05, 0) is 45.1 Å². The first-order chi connectivity index (χ1) is 7.99. The smallest absolute Gasteiger partial charge is 0.144 e.